The lowest BCUT2D eigenvalue weighted by molar-refractivity contribution is -0.148. The van der Waals surface area contributed by atoms with Crippen LogP contribution in [-0.4, -0.2) is 71.9 Å². The Morgan fingerprint density at radius 1 is 1.14 bits per heavy atom. The van der Waals surface area contributed by atoms with Gasteiger partial charge in [0, 0.05) is 37.2 Å². The Hall–Kier alpha value is -2.58. The predicted molar refractivity (Wildman–Crippen MR) is 130 cm³/mol. The summed E-state index contributed by atoms with van der Waals surface area (Å²) in [4.78, 5) is 37.4. The lowest BCUT2D eigenvalue weighted by atomic mass is 9.74. The lowest BCUT2D eigenvalue weighted by Crippen LogP contribution is -2.66. The van der Waals surface area contributed by atoms with Crippen molar-refractivity contribution < 1.29 is 22.8 Å². The first kappa shape index (κ1) is 23.8. The molecule has 2 unspecified atom stereocenters. The van der Waals surface area contributed by atoms with Gasteiger partial charge in [0.15, 0.2) is 0 Å². The van der Waals surface area contributed by atoms with E-state index < -0.39 is 18.0 Å². The summed E-state index contributed by atoms with van der Waals surface area (Å²) < 4.78 is 38.6. The summed E-state index contributed by atoms with van der Waals surface area (Å²) in [6.07, 6.45) is 0.827. The van der Waals surface area contributed by atoms with E-state index in [-0.39, 0.29) is 42.3 Å². The smallest absolute Gasteiger partial charge is 0.354 e. The number of carbonyl (C=O) groups excluding carboxylic acids is 2. The van der Waals surface area contributed by atoms with Gasteiger partial charge in [-0.1, -0.05) is 38.0 Å². The molecule has 3 heterocycles. The molecule has 1 aromatic rings. The van der Waals surface area contributed by atoms with Gasteiger partial charge in [0.2, 0.25) is 11.8 Å². The number of amidine groups is 1. The minimum atomic E-state index is -4.18. The first-order valence-electron chi connectivity index (χ1n) is 13.2. The van der Waals surface area contributed by atoms with Crippen LogP contribution in [0.4, 0.5) is 18.9 Å². The van der Waals surface area contributed by atoms with Gasteiger partial charge < -0.3 is 14.7 Å². The number of anilines is 1. The zero-order valence-electron chi connectivity index (χ0n) is 20.7. The Balaban J connectivity index is 1.23. The maximum atomic E-state index is 13.9. The second kappa shape index (κ2) is 8.21. The van der Waals surface area contributed by atoms with Crippen molar-refractivity contribution in [2.45, 2.75) is 82.0 Å². The molecule has 5 aliphatic rings. The summed E-state index contributed by atoms with van der Waals surface area (Å²) in [5, 5.41) is 0. The molecule has 0 N–H and O–H groups in total. The molecule has 2 aliphatic carbocycles. The zero-order chi connectivity index (χ0) is 25.3. The Kier molecular flexibility index (Phi) is 5.43. The summed E-state index contributed by atoms with van der Waals surface area (Å²) in [5.41, 5.74) is 0.776. The number of halogens is 3. The molecule has 2 amide bonds. The molecule has 2 saturated carbocycles. The van der Waals surface area contributed by atoms with E-state index in [1.54, 1.807) is 4.90 Å². The molecule has 6 nitrogen and oxygen atoms in total. The molecule has 2 atom stereocenters. The van der Waals surface area contributed by atoms with Crippen LogP contribution >= 0.6 is 0 Å². The Morgan fingerprint density at radius 3 is 2.58 bits per heavy atom. The van der Waals surface area contributed by atoms with Gasteiger partial charge in [-0.25, -0.2) is 0 Å². The Labute approximate surface area is 209 Å². The van der Waals surface area contributed by atoms with E-state index in [1.807, 2.05) is 36.1 Å². The minimum Gasteiger partial charge on any atom is -0.354 e. The number of nitrogens with zero attached hydrogens (tertiary/aromatic N) is 4. The molecule has 1 spiro atoms. The maximum absolute atomic E-state index is 13.9. The van der Waals surface area contributed by atoms with Crippen molar-refractivity contribution in [3.8, 4) is 0 Å². The van der Waals surface area contributed by atoms with Crippen molar-refractivity contribution in [3.63, 3.8) is 0 Å². The molecule has 0 radical (unpaired) electrons. The topological polar surface area (TPSA) is 56.2 Å². The van der Waals surface area contributed by atoms with Gasteiger partial charge in [-0.3, -0.25) is 14.6 Å². The van der Waals surface area contributed by atoms with Crippen molar-refractivity contribution in [3.05, 3.63) is 29.8 Å². The zero-order valence-corrected chi connectivity index (χ0v) is 20.7. The van der Waals surface area contributed by atoms with Crippen LogP contribution < -0.4 is 4.90 Å². The number of para-hydroxylation sites is 1. The summed E-state index contributed by atoms with van der Waals surface area (Å²) >= 11 is 0. The number of likely N-dealkylation sites (tertiary alicyclic amines) is 1. The third-order valence-electron chi connectivity index (χ3n) is 8.99. The SMILES string of the molecule is CC1(C(=O)N2CC3(C2)C(=O)N(CC2=NC4CCCCC4N2CCCC(F)(F)F)c2ccccc23)CC1. The average molecular weight is 503 g/mol. The highest BCUT2D eigenvalue weighted by atomic mass is 19.4. The van der Waals surface area contributed by atoms with Crippen molar-refractivity contribution >= 4 is 23.3 Å². The van der Waals surface area contributed by atoms with Crippen molar-refractivity contribution in [1.29, 1.82) is 0 Å². The standard InChI is InChI=1S/C27H33F3N4O2/c1-25(12-13-25)23(35)32-16-26(17-32)18-7-2-4-9-20(18)34(24(26)36)15-22-31-19-8-3-5-10-21(19)33(22)14-6-11-27(28,29)30/h2,4,7,9,19,21H,3,5-6,8,10-17H2,1H3. The second-order valence-electron chi connectivity index (χ2n) is 11.6. The van der Waals surface area contributed by atoms with Gasteiger partial charge in [-0.2, -0.15) is 13.2 Å². The lowest BCUT2D eigenvalue weighted by Gasteiger charge is -2.48. The van der Waals surface area contributed by atoms with Crippen LogP contribution in [0.1, 0.15) is 63.9 Å². The fourth-order valence-electron chi connectivity index (χ4n) is 6.67. The highest BCUT2D eigenvalue weighted by Crippen LogP contribution is 2.52. The van der Waals surface area contributed by atoms with E-state index in [0.29, 0.717) is 19.6 Å². The number of benzene rings is 1. The normalized spacial score (nSPS) is 27.6. The minimum absolute atomic E-state index is 0.0239. The molecule has 0 bridgehead atoms. The Morgan fingerprint density at radius 2 is 1.86 bits per heavy atom. The summed E-state index contributed by atoms with van der Waals surface area (Å²) in [7, 11) is 0. The molecule has 1 saturated heterocycles. The molecule has 36 heavy (non-hydrogen) atoms. The maximum Gasteiger partial charge on any atom is 0.389 e. The molecule has 9 heteroatoms. The van der Waals surface area contributed by atoms with Crippen LogP contribution in [-0.2, 0) is 15.0 Å². The fourth-order valence-corrected chi connectivity index (χ4v) is 6.67. The predicted octanol–water partition coefficient (Wildman–Crippen LogP) is 4.28. The van der Waals surface area contributed by atoms with Crippen LogP contribution in [0.25, 0.3) is 0 Å². The van der Waals surface area contributed by atoms with Gasteiger partial charge in [0.05, 0.1) is 18.6 Å². The van der Waals surface area contributed by atoms with Crippen LogP contribution in [0.15, 0.2) is 29.3 Å². The molecule has 1 aromatic carbocycles. The second-order valence-corrected chi connectivity index (χ2v) is 11.6. The van der Waals surface area contributed by atoms with Crippen LogP contribution in [0.3, 0.4) is 0 Å². The first-order valence-corrected chi connectivity index (χ1v) is 13.2. The van der Waals surface area contributed by atoms with E-state index in [2.05, 4.69) is 4.90 Å². The number of fused-ring (bicyclic) bond motifs is 3. The highest BCUT2D eigenvalue weighted by Gasteiger charge is 2.62. The average Bonchev–Trinajstić information content (AvgIpc) is 3.40. The number of hydrogen-bond donors (Lipinski definition) is 0. The van der Waals surface area contributed by atoms with E-state index in [9.17, 15) is 22.8 Å². The number of aliphatic imine (C=N–C) groups is 1. The quantitative estimate of drug-likeness (QED) is 0.584. The number of hydrogen-bond acceptors (Lipinski definition) is 4. The summed E-state index contributed by atoms with van der Waals surface area (Å²) in [5.74, 6) is 0.838. The van der Waals surface area contributed by atoms with E-state index >= 15 is 0 Å². The molecule has 3 fully saturated rings. The van der Waals surface area contributed by atoms with E-state index in [4.69, 9.17) is 4.99 Å². The molecule has 194 valence electrons. The summed E-state index contributed by atoms with van der Waals surface area (Å²) in [6.45, 7) is 3.33. The van der Waals surface area contributed by atoms with Gasteiger partial charge in [-0.05, 0) is 43.7 Å². The number of amides is 2. The Bertz CT molecular complexity index is 1110. The van der Waals surface area contributed by atoms with E-state index in [1.165, 1.54) is 0 Å². The number of carbonyl (C=O) groups is 2. The van der Waals surface area contributed by atoms with Crippen LogP contribution in [0.2, 0.25) is 0 Å². The molecule has 6 rings (SSSR count). The third kappa shape index (κ3) is 3.80. The van der Waals surface area contributed by atoms with E-state index in [0.717, 1.165) is 55.6 Å². The third-order valence-corrected chi connectivity index (χ3v) is 8.99. The fraction of sp³-hybridized carbons (Fsp3) is 0.667. The monoisotopic (exact) mass is 502 g/mol. The first-order chi connectivity index (χ1) is 17.1. The van der Waals surface area contributed by atoms with Crippen molar-refractivity contribution in [2.24, 2.45) is 10.4 Å². The van der Waals surface area contributed by atoms with Gasteiger partial charge >= 0.3 is 6.18 Å². The van der Waals surface area contributed by atoms with Gasteiger partial charge in [-0.15, -0.1) is 0 Å². The van der Waals surface area contributed by atoms with Crippen LogP contribution in [0.5, 0.6) is 0 Å². The molecule has 3 aliphatic heterocycles. The van der Waals surface area contributed by atoms with Gasteiger partial charge in [0.25, 0.3) is 0 Å². The highest BCUT2D eigenvalue weighted by molar-refractivity contribution is 6.13. The van der Waals surface area contributed by atoms with Crippen molar-refractivity contribution in [1.82, 2.24) is 9.80 Å². The largest absolute Gasteiger partial charge is 0.389 e. The summed E-state index contributed by atoms with van der Waals surface area (Å²) in [6, 6.07) is 7.96. The van der Waals surface area contributed by atoms with Gasteiger partial charge in [0.1, 0.15) is 11.3 Å². The number of alkyl halides is 3. The van der Waals surface area contributed by atoms with Crippen molar-refractivity contribution in [2.75, 3.05) is 31.1 Å². The number of rotatable bonds is 6. The van der Waals surface area contributed by atoms with Crippen LogP contribution in [0, 0.1) is 5.41 Å². The molecule has 0 aromatic heterocycles. The molecular formula is C27H33F3N4O2. The molecular weight excluding hydrogens is 469 g/mol.